The van der Waals surface area contributed by atoms with Crippen molar-refractivity contribution in [3.8, 4) is 11.1 Å². The number of aromatic nitrogens is 3. The van der Waals surface area contributed by atoms with E-state index in [1.54, 1.807) is 19.0 Å². The fourth-order valence-corrected chi connectivity index (χ4v) is 5.20. The summed E-state index contributed by atoms with van der Waals surface area (Å²) in [5.41, 5.74) is 6.81. The lowest BCUT2D eigenvalue weighted by molar-refractivity contribution is 0.0827. The SMILES string of the molecule is Cc1nn2c(C3CCCN(Cc4ccc(Cl)cc4)C3)ccnc2c1-c1cccc(C(=O)N(C)C)c1. The average Bonchev–Trinajstić information content (AvgIpc) is 3.21. The Balaban J connectivity index is 1.46. The predicted octanol–water partition coefficient (Wildman–Crippen LogP) is 5.44. The summed E-state index contributed by atoms with van der Waals surface area (Å²) in [6, 6.07) is 18.0. The molecule has 0 spiro atoms. The van der Waals surface area contributed by atoms with Crippen LogP contribution in [0.1, 0.15) is 46.1 Å². The third kappa shape index (κ3) is 4.81. The molecule has 7 heteroatoms. The number of halogens is 1. The summed E-state index contributed by atoms with van der Waals surface area (Å²) in [5, 5.41) is 5.69. The normalized spacial score (nSPS) is 16.5. The molecule has 5 rings (SSSR count). The molecule has 180 valence electrons. The van der Waals surface area contributed by atoms with E-state index in [0.29, 0.717) is 11.5 Å². The van der Waals surface area contributed by atoms with Gasteiger partial charge in [0.1, 0.15) is 0 Å². The molecule has 1 aliphatic rings. The lowest BCUT2D eigenvalue weighted by Gasteiger charge is -2.33. The molecule has 2 aromatic carbocycles. The number of rotatable bonds is 5. The predicted molar refractivity (Wildman–Crippen MR) is 140 cm³/mol. The summed E-state index contributed by atoms with van der Waals surface area (Å²) in [6.07, 6.45) is 4.16. The Labute approximate surface area is 211 Å². The maximum absolute atomic E-state index is 12.5. The van der Waals surface area contributed by atoms with Crippen molar-refractivity contribution >= 4 is 23.2 Å². The number of piperidine rings is 1. The molecule has 3 heterocycles. The van der Waals surface area contributed by atoms with E-state index in [2.05, 4.69) is 23.1 Å². The molecule has 1 saturated heterocycles. The van der Waals surface area contributed by atoms with E-state index in [9.17, 15) is 4.79 Å². The van der Waals surface area contributed by atoms with Gasteiger partial charge in [0.25, 0.3) is 5.91 Å². The largest absolute Gasteiger partial charge is 0.345 e. The third-order valence-electron chi connectivity index (χ3n) is 6.77. The highest BCUT2D eigenvalue weighted by molar-refractivity contribution is 6.30. The van der Waals surface area contributed by atoms with E-state index >= 15 is 0 Å². The first-order valence-corrected chi connectivity index (χ1v) is 12.4. The Morgan fingerprint density at radius 3 is 2.71 bits per heavy atom. The summed E-state index contributed by atoms with van der Waals surface area (Å²) in [6.45, 7) is 4.99. The lowest BCUT2D eigenvalue weighted by Crippen LogP contribution is -2.34. The van der Waals surface area contributed by atoms with E-state index in [1.807, 2.05) is 54.0 Å². The number of benzene rings is 2. The van der Waals surface area contributed by atoms with Crippen LogP contribution >= 0.6 is 11.6 Å². The average molecular weight is 488 g/mol. The van der Waals surface area contributed by atoms with Gasteiger partial charge in [-0.3, -0.25) is 9.69 Å². The summed E-state index contributed by atoms with van der Waals surface area (Å²) in [5.74, 6) is 0.355. The highest BCUT2D eigenvalue weighted by Gasteiger charge is 2.25. The Morgan fingerprint density at radius 1 is 1.14 bits per heavy atom. The maximum Gasteiger partial charge on any atom is 0.253 e. The van der Waals surface area contributed by atoms with E-state index in [0.717, 1.165) is 60.0 Å². The topological polar surface area (TPSA) is 53.7 Å². The van der Waals surface area contributed by atoms with Crippen molar-refractivity contribution in [1.29, 1.82) is 0 Å². The van der Waals surface area contributed by atoms with Gasteiger partial charge in [-0.05, 0) is 67.8 Å². The van der Waals surface area contributed by atoms with E-state index in [1.165, 1.54) is 11.3 Å². The minimum absolute atomic E-state index is 0.0161. The first-order chi connectivity index (χ1) is 16.9. The molecule has 0 N–H and O–H groups in total. The number of hydrogen-bond acceptors (Lipinski definition) is 4. The first kappa shape index (κ1) is 23.5. The van der Waals surface area contributed by atoms with Gasteiger partial charge in [-0.15, -0.1) is 0 Å². The van der Waals surface area contributed by atoms with E-state index in [4.69, 9.17) is 21.7 Å². The van der Waals surface area contributed by atoms with Gasteiger partial charge < -0.3 is 4.90 Å². The fraction of sp³-hybridized carbons (Fsp3) is 0.321. The molecule has 1 fully saturated rings. The Morgan fingerprint density at radius 2 is 1.94 bits per heavy atom. The van der Waals surface area contributed by atoms with Crippen molar-refractivity contribution in [2.45, 2.75) is 32.2 Å². The summed E-state index contributed by atoms with van der Waals surface area (Å²) in [4.78, 5) is 21.4. The summed E-state index contributed by atoms with van der Waals surface area (Å²) >= 11 is 6.06. The van der Waals surface area contributed by atoms with Crippen molar-refractivity contribution < 1.29 is 4.79 Å². The molecule has 0 aliphatic carbocycles. The molecule has 1 atom stereocenters. The van der Waals surface area contributed by atoms with Crippen molar-refractivity contribution in [2.24, 2.45) is 0 Å². The van der Waals surface area contributed by atoms with Crippen LogP contribution < -0.4 is 0 Å². The van der Waals surface area contributed by atoms with Crippen LogP contribution in [0.15, 0.2) is 60.8 Å². The van der Waals surface area contributed by atoms with Crippen LogP contribution in [0.2, 0.25) is 5.02 Å². The number of carbonyl (C=O) groups is 1. The second-order valence-electron chi connectivity index (χ2n) is 9.55. The zero-order valence-corrected chi connectivity index (χ0v) is 21.2. The lowest BCUT2D eigenvalue weighted by atomic mass is 9.94. The van der Waals surface area contributed by atoms with Gasteiger partial charge in [-0.2, -0.15) is 5.10 Å². The Hall–Kier alpha value is -3.22. The number of nitrogens with zero attached hydrogens (tertiary/aromatic N) is 5. The number of likely N-dealkylation sites (tertiary alicyclic amines) is 1. The van der Waals surface area contributed by atoms with Crippen molar-refractivity contribution in [1.82, 2.24) is 24.4 Å². The summed E-state index contributed by atoms with van der Waals surface area (Å²) in [7, 11) is 3.54. The molecular weight excluding hydrogens is 458 g/mol. The van der Waals surface area contributed by atoms with Crippen molar-refractivity contribution in [3.05, 3.63) is 88.3 Å². The molecule has 0 saturated carbocycles. The highest BCUT2D eigenvalue weighted by Crippen LogP contribution is 2.32. The van der Waals surface area contributed by atoms with Gasteiger partial charge in [0, 0.05) is 55.4 Å². The number of fused-ring (bicyclic) bond motifs is 1. The molecule has 6 nitrogen and oxygen atoms in total. The molecule has 4 aromatic rings. The van der Waals surface area contributed by atoms with Gasteiger partial charge >= 0.3 is 0 Å². The quantitative estimate of drug-likeness (QED) is 0.376. The number of carbonyl (C=O) groups excluding carboxylic acids is 1. The molecule has 0 radical (unpaired) electrons. The van der Waals surface area contributed by atoms with Crippen LogP contribution in [-0.4, -0.2) is 57.5 Å². The maximum atomic E-state index is 12.5. The first-order valence-electron chi connectivity index (χ1n) is 12.0. The second kappa shape index (κ2) is 9.80. The minimum Gasteiger partial charge on any atom is -0.345 e. The van der Waals surface area contributed by atoms with Gasteiger partial charge in [-0.1, -0.05) is 35.9 Å². The molecule has 2 aromatic heterocycles. The van der Waals surface area contributed by atoms with Crippen LogP contribution in [0.5, 0.6) is 0 Å². The van der Waals surface area contributed by atoms with Crippen LogP contribution in [0.3, 0.4) is 0 Å². The monoisotopic (exact) mass is 487 g/mol. The smallest absolute Gasteiger partial charge is 0.253 e. The van der Waals surface area contributed by atoms with Crippen LogP contribution in [0.4, 0.5) is 0 Å². The number of aryl methyl sites for hydroxylation is 1. The Kier molecular flexibility index (Phi) is 6.58. The number of hydrogen-bond donors (Lipinski definition) is 0. The molecule has 1 aliphatic heterocycles. The van der Waals surface area contributed by atoms with Gasteiger partial charge in [0.2, 0.25) is 0 Å². The zero-order chi connectivity index (χ0) is 24.5. The minimum atomic E-state index is -0.0161. The van der Waals surface area contributed by atoms with Gasteiger partial charge in [0.15, 0.2) is 5.65 Å². The van der Waals surface area contributed by atoms with Crippen molar-refractivity contribution in [2.75, 3.05) is 27.2 Å². The van der Waals surface area contributed by atoms with Gasteiger partial charge in [0.05, 0.1) is 11.4 Å². The highest BCUT2D eigenvalue weighted by atomic mass is 35.5. The van der Waals surface area contributed by atoms with E-state index < -0.39 is 0 Å². The Bertz CT molecular complexity index is 1360. The molecular formula is C28H30ClN5O. The van der Waals surface area contributed by atoms with Crippen LogP contribution in [0, 0.1) is 6.92 Å². The molecule has 0 bridgehead atoms. The zero-order valence-electron chi connectivity index (χ0n) is 20.4. The van der Waals surface area contributed by atoms with Crippen LogP contribution in [0.25, 0.3) is 16.8 Å². The van der Waals surface area contributed by atoms with Gasteiger partial charge in [-0.25, -0.2) is 9.50 Å². The third-order valence-corrected chi connectivity index (χ3v) is 7.02. The summed E-state index contributed by atoms with van der Waals surface area (Å²) < 4.78 is 2.02. The molecule has 35 heavy (non-hydrogen) atoms. The van der Waals surface area contributed by atoms with Crippen LogP contribution in [-0.2, 0) is 6.54 Å². The van der Waals surface area contributed by atoms with E-state index in [-0.39, 0.29) is 5.91 Å². The van der Waals surface area contributed by atoms with Crippen molar-refractivity contribution in [3.63, 3.8) is 0 Å². The molecule has 1 unspecified atom stereocenters. The number of amides is 1. The fourth-order valence-electron chi connectivity index (χ4n) is 5.07. The standard InChI is InChI=1S/C28H30ClN5O/c1-19-26(21-6-4-7-22(16-21)28(35)32(2)3)27-30-14-13-25(34(27)31-19)23-8-5-15-33(18-23)17-20-9-11-24(29)12-10-20/h4,6-7,9-14,16,23H,5,8,15,17-18H2,1-3H3. The molecule has 1 amide bonds. The second-order valence-corrected chi connectivity index (χ2v) is 9.98.